The van der Waals surface area contributed by atoms with E-state index in [1.165, 1.54) is 6.21 Å². The van der Waals surface area contributed by atoms with Gasteiger partial charge in [0.25, 0.3) is 0 Å². The highest BCUT2D eigenvalue weighted by Gasteiger charge is 2.13. The van der Waals surface area contributed by atoms with Crippen molar-refractivity contribution < 1.29 is 14.3 Å². The Bertz CT molecular complexity index is 589. The van der Waals surface area contributed by atoms with Gasteiger partial charge in [-0.3, -0.25) is 5.01 Å². The van der Waals surface area contributed by atoms with E-state index in [0.717, 1.165) is 18.7 Å². The lowest BCUT2D eigenvalue weighted by molar-refractivity contribution is 0.0396. The van der Waals surface area contributed by atoms with Gasteiger partial charge in [-0.05, 0) is 12.1 Å². The van der Waals surface area contributed by atoms with Crippen LogP contribution in [-0.2, 0) is 4.74 Å². The van der Waals surface area contributed by atoms with Gasteiger partial charge in [0.2, 0.25) is 5.89 Å². The van der Waals surface area contributed by atoms with E-state index < -0.39 is 0 Å². The van der Waals surface area contributed by atoms with E-state index >= 15 is 0 Å². The van der Waals surface area contributed by atoms with Gasteiger partial charge in [0.05, 0.1) is 32.5 Å². The first-order valence-electron chi connectivity index (χ1n) is 6.45. The van der Waals surface area contributed by atoms with Crippen molar-refractivity contribution in [1.82, 2.24) is 9.99 Å². The van der Waals surface area contributed by atoms with Gasteiger partial charge in [0, 0.05) is 5.56 Å². The van der Waals surface area contributed by atoms with E-state index in [0.29, 0.717) is 24.8 Å². The van der Waals surface area contributed by atoms with Crippen molar-refractivity contribution in [2.75, 3.05) is 26.3 Å². The van der Waals surface area contributed by atoms with Crippen molar-refractivity contribution in [1.29, 1.82) is 0 Å². The third kappa shape index (κ3) is 2.80. The second-order valence-electron chi connectivity index (χ2n) is 4.39. The molecule has 3 rings (SSSR count). The summed E-state index contributed by atoms with van der Waals surface area (Å²) in [5, 5.41) is 15.9. The first kappa shape index (κ1) is 12.7. The highest BCUT2D eigenvalue weighted by molar-refractivity contribution is 5.80. The average Bonchev–Trinajstić information content (AvgIpc) is 2.88. The summed E-state index contributed by atoms with van der Waals surface area (Å²) >= 11 is 0. The molecule has 104 valence electrons. The van der Waals surface area contributed by atoms with Gasteiger partial charge in [-0.25, -0.2) is 4.98 Å². The van der Waals surface area contributed by atoms with Crippen LogP contribution in [0.2, 0.25) is 0 Å². The Kier molecular flexibility index (Phi) is 3.64. The van der Waals surface area contributed by atoms with Crippen molar-refractivity contribution in [2.24, 2.45) is 5.10 Å². The molecule has 0 spiro atoms. The molecule has 1 saturated heterocycles. The molecule has 1 aromatic carbocycles. The number of morpholine rings is 1. The molecule has 0 atom stereocenters. The number of hydrogen-bond donors (Lipinski definition) is 1. The van der Waals surface area contributed by atoms with Crippen molar-refractivity contribution in [3.63, 3.8) is 0 Å². The summed E-state index contributed by atoms with van der Waals surface area (Å²) in [6.07, 6.45) is 1.51. The number of aromatic hydroxyl groups is 1. The predicted molar refractivity (Wildman–Crippen MR) is 73.6 cm³/mol. The molecule has 1 aliphatic heterocycles. The lowest BCUT2D eigenvalue weighted by Gasteiger charge is -2.23. The maximum Gasteiger partial charge on any atom is 0.312 e. The van der Waals surface area contributed by atoms with E-state index in [-0.39, 0.29) is 5.95 Å². The number of rotatable bonds is 3. The van der Waals surface area contributed by atoms with E-state index in [1.807, 2.05) is 35.3 Å². The fourth-order valence-electron chi connectivity index (χ4n) is 1.92. The van der Waals surface area contributed by atoms with Crippen LogP contribution in [0.1, 0.15) is 5.69 Å². The average molecular weight is 273 g/mol. The molecular weight excluding hydrogens is 258 g/mol. The number of nitrogens with zero attached hydrogens (tertiary/aromatic N) is 3. The van der Waals surface area contributed by atoms with Crippen LogP contribution in [0.15, 0.2) is 39.9 Å². The molecule has 0 bridgehead atoms. The molecule has 0 unspecified atom stereocenters. The summed E-state index contributed by atoms with van der Waals surface area (Å²) in [4.78, 5) is 4.24. The van der Waals surface area contributed by atoms with Crippen LogP contribution < -0.4 is 0 Å². The van der Waals surface area contributed by atoms with Crippen molar-refractivity contribution >= 4 is 6.21 Å². The maximum atomic E-state index is 9.76. The monoisotopic (exact) mass is 273 g/mol. The van der Waals surface area contributed by atoms with Gasteiger partial charge in [-0.2, -0.15) is 5.10 Å². The quantitative estimate of drug-likeness (QED) is 0.862. The highest BCUT2D eigenvalue weighted by atomic mass is 16.5. The van der Waals surface area contributed by atoms with Crippen LogP contribution >= 0.6 is 0 Å². The zero-order valence-corrected chi connectivity index (χ0v) is 10.9. The molecule has 0 radical (unpaired) electrons. The summed E-state index contributed by atoms with van der Waals surface area (Å²) in [5.74, 6) is 0.160. The van der Waals surface area contributed by atoms with Gasteiger partial charge < -0.3 is 14.3 Å². The standard InChI is InChI=1S/C14H15N3O3/c18-14-12(10-15-17-6-8-19-9-7-17)16-13(20-14)11-4-2-1-3-5-11/h1-5,10,18H,6-9H2/b15-10+. The molecule has 1 aromatic heterocycles. The summed E-state index contributed by atoms with van der Waals surface area (Å²) in [6, 6.07) is 9.42. The summed E-state index contributed by atoms with van der Waals surface area (Å²) in [5.41, 5.74) is 1.14. The molecule has 1 N–H and O–H groups in total. The number of benzene rings is 1. The Labute approximate surface area is 116 Å². The molecule has 6 heteroatoms. The smallest absolute Gasteiger partial charge is 0.312 e. The van der Waals surface area contributed by atoms with Gasteiger partial charge in [-0.1, -0.05) is 18.2 Å². The van der Waals surface area contributed by atoms with Crippen molar-refractivity contribution in [2.45, 2.75) is 0 Å². The minimum atomic E-state index is -0.221. The number of hydrazone groups is 1. The predicted octanol–water partition coefficient (Wildman–Crippen LogP) is 1.71. The molecule has 20 heavy (non-hydrogen) atoms. The van der Waals surface area contributed by atoms with Gasteiger partial charge >= 0.3 is 5.95 Å². The van der Waals surface area contributed by atoms with Crippen LogP contribution in [0.5, 0.6) is 5.95 Å². The lowest BCUT2D eigenvalue weighted by Crippen LogP contribution is -2.32. The van der Waals surface area contributed by atoms with E-state index in [2.05, 4.69) is 10.1 Å². The van der Waals surface area contributed by atoms with Gasteiger partial charge in [0.15, 0.2) is 5.69 Å². The minimum absolute atomic E-state index is 0.221. The van der Waals surface area contributed by atoms with E-state index in [1.54, 1.807) is 0 Å². The van der Waals surface area contributed by atoms with Gasteiger partial charge in [0.1, 0.15) is 0 Å². The maximum absolute atomic E-state index is 9.76. The van der Waals surface area contributed by atoms with Crippen LogP contribution in [0.3, 0.4) is 0 Å². The van der Waals surface area contributed by atoms with Crippen molar-refractivity contribution in [3.05, 3.63) is 36.0 Å². The Hall–Kier alpha value is -2.34. The molecule has 1 aliphatic rings. The van der Waals surface area contributed by atoms with Crippen molar-refractivity contribution in [3.8, 4) is 17.4 Å². The fraction of sp³-hybridized carbons (Fsp3) is 0.286. The van der Waals surface area contributed by atoms with Crippen LogP contribution in [-0.4, -0.2) is 47.6 Å². The van der Waals surface area contributed by atoms with Crippen LogP contribution in [0.4, 0.5) is 0 Å². The lowest BCUT2D eigenvalue weighted by atomic mass is 10.2. The molecule has 0 amide bonds. The van der Waals surface area contributed by atoms with E-state index in [4.69, 9.17) is 9.15 Å². The third-order valence-corrected chi connectivity index (χ3v) is 2.99. The SMILES string of the molecule is Oc1oc(-c2ccccc2)nc1/C=N/N1CCOCC1. The number of aromatic nitrogens is 1. The van der Waals surface area contributed by atoms with E-state index in [9.17, 15) is 5.11 Å². The second-order valence-corrected chi connectivity index (χ2v) is 4.39. The zero-order valence-electron chi connectivity index (χ0n) is 10.9. The van der Waals surface area contributed by atoms with Crippen LogP contribution in [0.25, 0.3) is 11.5 Å². The summed E-state index contributed by atoms with van der Waals surface area (Å²) in [6.45, 7) is 2.80. The third-order valence-electron chi connectivity index (χ3n) is 2.99. The Morgan fingerprint density at radius 1 is 1.20 bits per heavy atom. The Balaban J connectivity index is 1.77. The normalized spacial score (nSPS) is 15.9. The molecule has 1 fully saturated rings. The first-order chi connectivity index (χ1) is 9.83. The molecular formula is C14H15N3O3. The second kappa shape index (κ2) is 5.75. The number of ether oxygens (including phenoxy) is 1. The summed E-state index contributed by atoms with van der Waals surface area (Å²) in [7, 11) is 0. The highest BCUT2D eigenvalue weighted by Crippen LogP contribution is 2.25. The fourth-order valence-corrected chi connectivity index (χ4v) is 1.92. The minimum Gasteiger partial charge on any atom is -0.479 e. The molecule has 6 nitrogen and oxygen atoms in total. The number of oxazole rings is 1. The topological polar surface area (TPSA) is 71.1 Å². The summed E-state index contributed by atoms with van der Waals surface area (Å²) < 4.78 is 10.5. The Morgan fingerprint density at radius 2 is 1.95 bits per heavy atom. The molecule has 2 heterocycles. The first-order valence-corrected chi connectivity index (χ1v) is 6.45. The number of hydrogen-bond acceptors (Lipinski definition) is 6. The van der Waals surface area contributed by atoms with Gasteiger partial charge in [-0.15, -0.1) is 0 Å². The Morgan fingerprint density at radius 3 is 2.70 bits per heavy atom. The molecule has 0 aliphatic carbocycles. The van der Waals surface area contributed by atoms with Crippen LogP contribution in [0, 0.1) is 0 Å². The zero-order chi connectivity index (χ0) is 13.8. The molecule has 0 saturated carbocycles. The molecule has 2 aromatic rings. The largest absolute Gasteiger partial charge is 0.479 e.